The fraction of sp³-hybridized carbons (Fsp3) is 0.318. The number of aliphatic imine (C=N–C) groups is 1. The quantitative estimate of drug-likeness (QED) is 0.321. The summed E-state index contributed by atoms with van der Waals surface area (Å²) in [5.74, 6) is 2.00. The van der Waals surface area contributed by atoms with E-state index in [9.17, 15) is 0 Å². The molecular formula is C22H28IN7. The molecule has 8 heteroatoms. The maximum Gasteiger partial charge on any atom is 0.194 e. The van der Waals surface area contributed by atoms with E-state index in [1.165, 1.54) is 11.1 Å². The Bertz CT molecular complexity index is 920. The number of halogens is 1. The zero-order valence-corrected chi connectivity index (χ0v) is 19.5. The number of hydrogen-bond donors (Lipinski definition) is 1. The van der Waals surface area contributed by atoms with Gasteiger partial charge in [-0.05, 0) is 23.3 Å². The summed E-state index contributed by atoms with van der Waals surface area (Å²) in [6, 6.07) is 14.7. The molecule has 1 aliphatic rings. The van der Waals surface area contributed by atoms with Gasteiger partial charge in [-0.15, -0.1) is 24.0 Å². The monoisotopic (exact) mass is 517 g/mol. The first-order chi connectivity index (χ1) is 14.3. The molecule has 1 fully saturated rings. The van der Waals surface area contributed by atoms with Crippen LogP contribution in [-0.4, -0.2) is 58.6 Å². The number of rotatable bonds is 5. The first kappa shape index (κ1) is 22.1. The van der Waals surface area contributed by atoms with Crippen molar-refractivity contribution in [3.63, 3.8) is 0 Å². The second-order valence-corrected chi connectivity index (χ2v) is 7.12. The lowest BCUT2D eigenvalue weighted by molar-refractivity contribution is 0.371. The van der Waals surface area contributed by atoms with Crippen molar-refractivity contribution in [3.8, 4) is 0 Å². The summed E-state index contributed by atoms with van der Waals surface area (Å²) in [5, 5.41) is 3.52. The Morgan fingerprint density at radius 1 is 1.03 bits per heavy atom. The summed E-state index contributed by atoms with van der Waals surface area (Å²) in [7, 11) is 1.85. The minimum Gasteiger partial charge on any atom is -0.353 e. The van der Waals surface area contributed by atoms with Gasteiger partial charge in [0.2, 0.25) is 0 Å². The van der Waals surface area contributed by atoms with Gasteiger partial charge in [-0.25, -0.2) is 9.97 Å². The van der Waals surface area contributed by atoms with Crippen LogP contribution in [0.1, 0.15) is 11.1 Å². The molecule has 3 aromatic rings. The number of guanidine groups is 1. The molecule has 2 aromatic heterocycles. The number of imidazole rings is 1. The summed E-state index contributed by atoms with van der Waals surface area (Å²) in [5.41, 5.74) is 2.51. The van der Waals surface area contributed by atoms with Gasteiger partial charge >= 0.3 is 0 Å². The zero-order chi connectivity index (χ0) is 19.9. The molecule has 0 spiro atoms. The molecule has 0 aliphatic carbocycles. The van der Waals surface area contributed by atoms with E-state index in [2.05, 4.69) is 65.0 Å². The van der Waals surface area contributed by atoms with Gasteiger partial charge in [0.05, 0.1) is 6.33 Å². The maximum atomic E-state index is 4.49. The molecule has 1 saturated heterocycles. The van der Waals surface area contributed by atoms with E-state index in [4.69, 9.17) is 0 Å². The smallest absolute Gasteiger partial charge is 0.194 e. The van der Waals surface area contributed by atoms with Crippen LogP contribution in [0.25, 0.3) is 0 Å². The lowest BCUT2D eigenvalue weighted by atomic mass is 10.1. The Morgan fingerprint density at radius 2 is 1.87 bits per heavy atom. The molecule has 158 valence electrons. The second-order valence-electron chi connectivity index (χ2n) is 7.12. The molecule has 0 amide bonds. The van der Waals surface area contributed by atoms with Crippen molar-refractivity contribution in [1.29, 1.82) is 0 Å². The minimum absolute atomic E-state index is 0. The summed E-state index contributed by atoms with van der Waals surface area (Å²) >= 11 is 0. The SMILES string of the molecule is CN=C(NCc1cccc(Cn2ccnc2)c1)N1CCN(c2ccccn2)CC1.I. The highest BCUT2D eigenvalue weighted by molar-refractivity contribution is 14.0. The average molecular weight is 517 g/mol. The van der Waals surface area contributed by atoms with Crippen LogP contribution >= 0.6 is 24.0 Å². The summed E-state index contributed by atoms with van der Waals surface area (Å²) < 4.78 is 2.08. The maximum absolute atomic E-state index is 4.49. The van der Waals surface area contributed by atoms with Gasteiger partial charge in [-0.2, -0.15) is 0 Å². The first-order valence-electron chi connectivity index (χ1n) is 9.97. The predicted molar refractivity (Wildman–Crippen MR) is 131 cm³/mol. The van der Waals surface area contributed by atoms with Crippen molar-refractivity contribution in [2.75, 3.05) is 38.1 Å². The Balaban J connectivity index is 0.00000256. The summed E-state index contributed by atoms with van der Waals surface area (Å²) in [6.45, 7) is 5.33. The number of nitrogens with one attached hydrogen (secondary N) is 1. The predicted octanol–water partition coefficient (Wildman–Crippen LogP) is 2.84. The molecular weight excluding hydrogens is 489 g/mol. The number of pyridine rings is 1. The molecule has 30 heavy (non-hydrogen) atoms. The number of hydrogen-bond acceptors (Lipinski definition) is 4. The lowest BCUT2D eigenvalue weighted by Gasteiger charge is -2.37. The van der Waals surface area contributed by atoms with Crippen LogP contribution in [0.3, 0.4) is 0 Å². The summed E-state index contributed by atoms with van der Waals surface area (Å²) in [4.78, 5) is 17.7. The van der Waals surface area contributed by atoms with Gasteiger partial charge in [0, 0.05) is 64.9 Å². The lowest BCUT2D eigenvalue weighted by Crippen LogP contribution is -2.52. The summed E-state index contributed by atoms with van der Waals surface area (Å²) in [6.07, 6.45) is 7.49. The van der Waals surface area contributed by atoms with E-state index in [0.717, 1.165) is 51.0 Å². The third kappa shape index (κ3) is 5.71. The number of nitrogens with zero attached hydrogens (tertiary/aromatic N) is 6. The molecule has 1 aliphatic heterocycles. The van der Waals surface area contributed by atoms with Crippen molar-refractivity contribution in [3.05, 3.63) is 78.5 Å². The molecule has 4 rings (SSSR count). The highest BCUT2D eigenvalue weighted by atomic mass is 127. The highest BCUT2D eigenvalue weighted by Crippen LogP contribution is 2.13. The fourth-order valence-corrected chi connectivity index (χ4v) is 3.63. The number of piperazine rings is 1. The molecule has 1 N–H and O–H groups in total. The number of benzene rings is 1. The van der Waals surface area contributed by atoms with Gasteiger partial charge in [0.15, 0.2) is 5.96 Å². The van der Waals surface area contributed by atoms with Crippen molar-refractivity contribution >= 4 is 35.8 Å². The Labute approximate surface area is 194 Å². The molecule has 0 atom stereocenters. The van der Waals surface area contributed by atoms with Crippen LogP contribution < -0.4 is 10.2 Å². The van der Waals surface area contributed by atoms with Crippen LogP contribution in [0.5, 0.6) is 0 Å². The minimum atomic E-state index is 0. The zero-order valence-electron chi connectivity index (χ0n) is 17.2. The average Bonchev–Trinajstić information content (AvgIpc) is 3.29. The van der Waals surface area contributed by atoms with Crippen LogP contribution in [0.4, 0.5) is 5.82 Å². The molecule has 0 bridgehead atoms. The van der Waals surface area contributed by atoms with Gasteiger partial charge in [-0.1, -0.05) is 30.3 Å². The van der Waals surface area contributed by atoms with Gasteiger partial charge in [-0.3, -0.25) is 4.99 Å². The van der Waals surface area contributed by atoms with Crippen LogP contribution in [0.15, 0.2) is 72.4 Å². The van der Waals surface area contributed by atoms with Gasteiger partial charge in [0.25, 0.3) is 0 Å². The van der Waals surface area contributed by atoms with Crippen LogP contribution in [0, 0.1) is 0 Å². The third-order valence-electron chi connectivity index (χ3n) is 5.13. The van der Waals surface area contributed by atoms with E-state index >= 15 is 0 Å². The number of aromatic nitrogens is 3. The highest BCUT2D eigenvalue weighted by Gasteiger charge is 2.20. The Hall–Kier alpha value is -2.62. The normalized spacial score (nSPS) is 14.4. The largest absolute Gasteiger partial charge is 0.353 e. The van der Waals surface area contributed by atoms with Gasteiger partial charge < -0.3 is 19.7 Å². The first-order valence-corrected chi connectivity index (χ1v) is 9.97. The standard InChI is InChI=1S/C22H27N7.HI/c1-23-22(29-13-11-28(12-14-29)21-7-2-3-8-25-21)26-16-19-5-4-6-20(15-19)17-27-10-9-24-18-27;/h2-10,15,18H,11-14,16-17H2,1H3,(H,23,26);1H. The molecule has 0 saturated carbocycles. The van der Waals surface area contributed by atoms with E-state index in [-0.39, 0.29) is 24.0 Å². The van der Waals surface area contributed by atoms with E-state index in [1.54, 1.807) is 0 Å². The van der Waals surface area contributed by atoms with Crippen molar-refractivity contribution < 1.29 is 0 Å². The van der Waals surface area contributed by atoms with Crippen molar-refractivity contribution in [1.82, 2.24) is 24.8 Å². The number of anilines is 1. The molecule has 7 nitrogen and oxygen atoms in total. The molecule has 1 aromatic carbocycles. The van der Waals surface area contributed by atoms with Crippen molar-refractivity contribution in [2.45, 2.75) is 13.1 Å². The van der Waals surface area contributed by atoms with Crippen LogP contribution in [0.2, 0.25) is 0 Å². The second kappa shape index (κ2) is 11.0. The molecule has 3 heterocycles. The molecule has 0 radical (unpaired) electrons. The van der Waals surface area contributed by atoms with E-state index < -0.39 is 0 Å². The Morgan fingerprint density at radius 3 is 2.57 bits per heavy atom. The third-order valence-corrected chi connectivity index (χ3v) is 5.13. The van der Waals surface area contributed by atoms with E-state index in [0.29, 0.717) is 0 Å². The van der Waals surface area contributed by atoms with Gasteiger partial charge in [0.1, 0.15) is 5.82 Å². The van der Waals surface area contributed by atoms with Crippen molar-refractivity contribution in [2.24, 2.45) is 4.99 Å². The molecule has 0 unspecified atom stereocenters. The van der Waals surface area contributed by atoms with E-state index in [1.807, 2.05) is 44.1 Å². The van der Waals surface area contributed by atoms with Crippen LogP contribution in [-0.2, 0) is 13.1 Å². The fourth-order valence-electron chi connectivity index (χ4n) is 3.63. The topological polar surface area (TPSA) is 61.6 Å². The Kier molecular flexibility index (Phi) is 8.06.